The van der Waals surface area contributed by atoms with Crippen molar-refractivity contribution >= 4 is 5.91 Å². The summed E-state index contributed by atoms with van der Waals surface area (Å²) in [7, 11) is 1.93. The molecule has 0 bridgehead atoms. The van der Waals surface area contributed by atoms with Gasteiger partial charge < -0.3 is 9.64 Å². The summed E-state index contributed by atoms with van der Waals surface area (Å²) >= 11 is 0. The first kappa shape index (κ1) is 19.1. The van der Waals surface area contributed by atoms with Crippen LogP contribution in [0.4, 0.5) is 0 Å². The molecule has 2 aliphatic rings. The Kier molecular flexibility index (Phi) is 5.73. The zero-order chi connectivity index (χ0) is 19.5. The molecule has 1 atom stereocenters. The number of rotatable bonds is 5. The van der Waals surface area contributed by atoms with Crippen LogP contribution in [0.2, 0.25) is 0 Å². The van der Waals surface area contributed by atoms with E-state index in [-0.39, 0.29) is 5.91 Å². The van der Waals surface area contributed by atoms with Gasteiger partial charge in [0.15, 0.2) is 0 Å². The fourth-order valence-corrected chi connectivity index (χ4v) is 4.11. The van der Waals surface area contributed by atoms with Gasteiger partial charge in [-0.05, 0) is 31.0 Å². The number of hydrogen-bond acceptors (Lipinski definition) is 5. The number of pyridine rings is 1. The van der Waals surface area contributed by atoms with E-state index >= 15 is 0 Å². The second-order valence-electron chi connectivity index (χ2n) is 7.85. The highest BCUT2D eigenvalue weighted by Gasteiger charge is 2.28. The molecule has 4 rings (SSSR count). The molecule has 4 heterocycles. The summed E-state index contributed by atoms with van der Waals surface area (Å²) in [5, 5.41) is 4.28. The number of carbonyl (C=O) groups is 1. The van der Waals surface area contributed by atoms with E-state index in [1.54, 1.807) is 0 Å². The summed E-state index contributed by atoms with van der Waals surface area (Å²) < 4.78 is 7.19. The van der Waals surface area contributed by atoms with Gasteiger partial charge in [-0.3, -0.25) is 19.4 Å². The van der Waals surface area contributed by atoms with Crippen LogP contribution in [-0.4, -0.2) is 76.4 Å². The number of likely N-dealkylation sites (tertiary alicyclic amines) is 1. The molecule has 2 aromatic heterocycles. The summed E-state index contributed by atoms with van der Waals surface area (Å²) in [6.45, 7) is 7.87. The lowest BCUT2D eigenvalue weighted by Gasteiger charge is -2.27. The molecule has 0 unspecified atom stereocenters. The Labute approximate surface area is 166 Å². The minimum atomic E-state index is 0.258. The number of carbonyl (C=O) groups excluding carboxylic acids is 1. The third-order valence-corrected chi connectivity index (χ3v) is 5.72. The van der Waals surface area contributed by atoms with Gasteiger partial charge in [-0.25, -0.2) is 0 Å². The minimum absolute atomic E-state index is 0.258. The summed E-state index contributed by atoms with van der Waals surface area (Å²) in [5.74, 6) is 0.566. The van der Waals surface area contributed by atoms with E-state index in [9.17, 15) is 4.79 Å². The maximum atomic E-state index is 12.7. The van der Waals surface area contributed by atoms with Crippen LogP contribution in [0.3, 0.4) is 0 Å². The number of morpholine rings is 1. The van der Waals surface area contributed by atoms with Crippen molar-refractivity contribution in [3.05, 3.63) is 35.9 Å². The maximum absolute atomic E-state index is 12.7. The van der Waals surface area contributed by atoms with Crippen LogP contribution < -0.4 is 0 Å². The molecule has 2 aromatic rings. The highest BCUT2D eigenvalue weighted by molar-refractivity contribution is 5.76. The number of aryl methyl sites for hydroxylation is 2. The number of nitrogens with zero attached hydrogens (tertiary/aromatic N) is 5. The zero-order valence-electron chi connectivity index (χ0n) is 16.8. The normalized spacial score (nSPS) is 20.6. The number of amides is 1. The third-order valence-electron chi connectivity index (χ3n) is 5.72. The van der Waals surface area contributed by atoms with Crippen LogP contribution in [0, 0.1) is 6.92 Å². The van der Waals surface area contributed by atoms with Crippen molar-refractivity contribution in [2.24, 2.45) is 7.05 Å². The molecular weight excluding hydrogens is 354 g/mol. The van der Waals surface area contributed by atoms with Crippen molar-refractivity contribution in [2.45, 2.75) is 25.7 Å². The fraction of sp³-hybridized carbons (Fsp3) is 0.571. The van der Waals surface area contributed by atoms with Gasteiger partial charge in [-0.15, -0.1) is 0 Å². The second-order valence-corrected chi connectivity index (χ2v) is 7.85. The molecule has 0 saturated carbocycles. The molecule has 1 amide bonds. The monoisotopic (exact) mass is 383 g/mol. The lowest BCUT2D eigenvalue weighted by atomic mass is 10.00. The topological polar surface area (TPSA) is 63.5 Å². The van der Waals surface area contributed by atoms with Crippen LogP contribution >= 0.6 is 0 Å². The molecule has 2 aliphatic heterocycles. The van der Waals surface area contributed by atoms with Crippen molar-refractivity contribution in [1.82, 2.24) is 24.6 Å². The molecule has 7 nitrogen and oxygen atoms in total. The lowest BCUT2D eigenvalue weighted by Crippen LogP contribution is -2.39. The Morgan fingerprint density at radius 3 is 2.79 bits per heavy atom. The summed E-state index contributed by atoms with van der Waals surface area (Å²) in [5.41, 5.74) is 4.34. The lowest BCUT2D eigenvalue weighted by molar-refractivity contribution is -0.130. The fourth-order valence-electron chi connectivity index (χ4n) is 4.11. The van der Waals surface area contributed by atoms with Gasteiger partial charge in [0.2, 0.25) is 5.91 Å². The standard InChI is InChI=1S/C21H29N5O2/c1-16-11-18(19-13-22-24(2)14-19)12-20(23-16)17-3-6-26(15-17)21(27)4-5-25-7-9-28-10-8-25/h11-14,17H,3-10,15H2,1-2H3/t17-/m1/s1. The first-order valence-corrected chi connectivity index (χ1v) is 10.1. The van der Waals surface area contributed by atoms with Gasteiger partial charge in [0.25, 0.3) is 0 Å². The van der Waals surface area contributed by atoms with Crippen molar-refractivity contribution in [2.75, 3.05) is 45.9 Å². The number of hydrogen-bond donors (Lipinski definition) is 0. The van der Waals surface area contributed by atoms with Crippen LogP contribution in [0.5, 0.6) is 0 Å². The number of aromatic nitrogens is 3. The summed E-state index contributed by atoms with van der Waals surface area (Å²) in [6.07, 6.45) is 5.48. The zero-order valence-corrected chi connectivity index (χ0v) is 16.8. The smallest absolute Gasteiger partial charge is 0.223 e. The molecule has 0 N–H and O–H groups in total. The highest BCUT2D eigenvalue weighted by Crippen LogP contribution is 2.30. The van der Waals surface area contributed by atoms with Gasteiger partial charge >= 0.3 is 0 Å². The molecule has 2 fully saturated rings. The van der Waals surface area contributed by atoms with E-state index in [4.69, 9.17) is 9.72 Å². The van der Waals surface area contributed by atoms with Gasteiger partial charge in [0.05, 0.1) is 19.4 Å². The van der Waals surface area contributed by atoms with Crippen molar-refractivity contribution in [1.29, 1.82) is 0 Å². The van der Waals surface area contributed by atoms with E-state index in [2.05, 4.69) is 22.1 Å². The summed E-state index contributed by atoms with van der Waals surface area (Å²) in [6, 6.07) is 4.26. The quantitative estimate of drug-likeness (QED) is 0.788. The second kappa shape index (κ2) is 8.41. The predicted octanol–water partition coefficient (Wildman–Crippen LogP) is 1.83. The summed E-state index contributed by atoms with van der Waals surface area (Å²) in [4.78, 5) is 21.8. The predicted molar refractivity (Wildman–Crippen MR) is 107 cm³/mol. The minimum Gasteiger partial charge on any atom is -0.379 e. The SMILES string of the molecule is Cc1cc(-c2cnn(C)c2)cc([C@@H]2CCN(C(=O)CCN3CCOCC3)C2)n1. The Hall–Kier alpha value is -2.25. The molecule has 28 heavy (non-hydrogen) atoms. The van der Waals surface area contributed by atoms with Crippen LogP contribution in [0.1, 0.15) is 30.1 Å². The molecule has 0 aliphatic carbocycles. The highest BCUT2D eigenvalue weighted by atomic mass is 16.5. The van der Waals surface area contributed by atoms with E-state index < -0.39 is 0 Å². The van der Waals surface area contributed by atoms with Gasteiger partial charge in [-0.2, -0.15) is 5.10 Å². The molecule has 0 radical (unpaired) electrons. The van der Waals surface area contributed by atoms with Crippen LogP contribution in [0.25, 0.3) is 11.1 Å². The van der Waals surface area contributed by atoms with E-state index in [1.807, 2.05) is 35.9 Å². The van der Waals surface area contributed by atoms with Gasteiger partial charge in [0, 0.05) is 75.3 Å². The third kappa shape index (κ3) is 4.42. The van der Waals surface area contributed by atoms with Crippen molar-refractivity contribution < 1.29 is 9.53 Å². The van der Waals surface area contributed by atoms with E-state index in [0.717, 1.165) is 74.9 Å². The van der Waals surface area contributed by atoms with Crippen molar-refractivity contribution in [3.8, 4) is 11.1 Å². The maximum Gasteiger partial charge on any atom is 0.223 e. The average Bonchev–Trinajstić information content (AvgIpc) is 3.36. The molecule has 0 aromatic carbocycles. The largest absolute Gasteiger partial charge is 0.379 e. The van der Waals surface area contributed by atoms with Gasteiger partial charge in [-0.1, -0.05) is 0 Å². The first-order valence-electron chi connectivity index (χ1n) is 10.1. The van der Waals surface area contributed by atoms with Gasteiger partial charge in [0.1, 0.15) is 0 Å². The molecular formula is C21H29N5O2. The molecule has 150 valence electrons. The molecule has 0 spiro atoms. The first-order chi connectivity index (χ1) is 13.6. The van der Waals surface area contributed by atoms with Crippen LogP contribution in [0.15, 0.2) is 24.5 Å². The Morgan fingerprint density at radius 1 is 1.21 bits per heavy atom. The Balaban J connectivity index is 1.38. The average molecular weight is 383 g/mol. The van der Waals surface area contributed by atoms with E-state index in [0.29, 0.717) is 12.3 Å². The number of ether oxygens (including phenoxy) is 1. The van der Waals surface area contributed by atoms with Crippen LogP contribution in [-0.2, 0) is 16.6 Å². The molecule has 2 saturated heterocycles. The van der Waals surface area contributed by atoms with E-state index in [1.165, 1.54) is 0 Å². The Bertz CT molecular complexity index is 828. The molecule has 7 heteroatoms. The Morgan fingerprint density at radius 2 is 2.04 bits per heavy atom. The van der Waals surface area contributed by atoms with Crippen molar-refractivity contribution in [3.63, 3.8) is 0 Å².